The average molecular weight is 289 g/mol. The van der Waals surface area contributed by atoms with Gasteiger partial charge in [0.15, 0.2) is 0 Å². The van der Waals surface area contributed by atoms with Crippen LogP contribution < -0.4 is 9.47 Å². The molecule has 0 amide bonds. The lowest BCUT2D eigenvalue weighted by Gasteiger charge is -2.26. The van der Waals surface area contributed by atoms with E-state index in [2.05, 4.69) is 0 Å². The summed E-state index contributed by atoms with van der Waals surface area (Å²) in [4.78, 5) is 1.74. The second-order valence-corrected chi connectivity index (χ2v) is 4.80. The molecule has 0 saturated carbocycles. The van der Waals surface area contributed by atoms with Crippen molar-refractivity contribution in [2.75, 3.05) is 4.81 Å². The number of rotatable bonds is 5. The van der Waals surface area contributed by atoms with Crippen LogP contribution in [0, 0.1) is 0 Å². The summed E-state index contributed by atoms with van der Waals surface area (Å²) in [5.41, 5.74) is 1.72. The molecule has 0 radical (unpaired) electrons. The van der Waals surface area contributed by atoms with E-state index in [9.17, 15) is 5.02 Å². The van der Waals surface area contributed by atoms with Gasteiger partial charge >= 0.3 is 7.25 Å². The molecule has 0 spiro atoms. The zero-order valence-electron chi connectivity index (χ0n) is 12.0. The third-order valence-corrected chi connectivity index (χ3v) is 3.27. The summed E-state index contributed by atoms with van der Waals surface area (Å²) >= 11 is 0. The molecule has 4 heteroatoms. The summed E-state index contributed by atoms with van der Waals surface area (Å²) < 4.78 is 5.67. The van der Waals surface area contributed by atoms with Crippen LogP contribution in [0.1, 0.15) is 0 Å². The van der Waals surface area contributed by atoms with Crippen LogP contribution in [0.4, 0.5) is 11.4 Å². The van der Waals surface area contributed by atoms with Gasteiger partial charge in [-0.25, -0.2) is 0 Å². The van der Waals surface area contributed by atoms with E-state index in [1.807, 2.05) is 91.0 Å². The molecule has 0 unspecified atom stereocenters. The fourth-order valence-electron chi connectivity index (χ4n) is 2.25. The first-order valence-corrected chi connectivity index (χ1v) is 7.14. The lowest BCUT2D eigenvalue weighted by Crippen LogP contribution is -2.41. The SMILES string of the molecule is OB(Oc1ccccc1)N(c1ccccc1)c1ccccc1. The topological polar surface area (TPSA) is 32.7 Å². The summed E-state index contributed by atoms with van der Waals surface area (Å²) in [6.45, 7) is 0. The maximum atomic E-state index is 10.6. The zero-order chi connectivity index (χ0) is 15.2. The molecule has 3 nitrogen and oxygen atoms in total. The van der Waals surface area contributed by atoms with Crippen LogP contribution in [-0.2, 0) is 0 Å². The van der Waals surface area contributed by atoms with Gasteiger partial charge in [0.25, 0.3) is 0 Å². The highest BCUT2D eigenvalue weighted by molar-refractivity contribution is 6.51. The largest absolute Gasteiger partial charge is 0.667 e. The third-order valence-electron chi connectivity index (χ3n) is 3.27. The average Bonchev–Trinajstić information content (AvgIpc) is 2.58. The lowest BCUT2D eigenvalue weighted by molar-refractivity contribution is 0.415. The Labute approximate surface area is 130 Å². The predicted molar refractivity (Wildman–Crippen MR) is 90.1 cm³/mol. The third kappa shape index (κ3) is 3.30. The molecule has 108 valence electrons. The van der Waals surface area contributed by atoms with Crippen molar-refractivity contribution in [3.05, 3.63) is 91.0 Å². The standard InChI is InChI=1S/C18H16BNO2/c21-19(22-18-14-8-3-9-15-18)20(16-10-4-1-5-11-16)17-12-6-2-7-13-17/h1-15,21H. The second kappa shape index (κ2) is 6.83. The molecule has 0 aromatic heterocycles. The molecular formula is C18H16BNO2. The Morgan fingerprint density at radius 2 is 1.05 bits per heavy atom. The zero-order valence-corrected chi connectivity index (χ0v) is 12.0. The van der Waals surface area contributed by atoms with Crippen molar-refractivity contribution in [3.63, 3.8) is 0 Å². The molecule has 3 aromatic carbocycles. The van der Waals surface area contributed by atoms with Gasteiger partial charge in [-0.15, -0.1) is 0 Å². The van der Waals surface area contributed by atoms with E-state index in [1.54, 1.807) is 4.81 Å². The van der Waals surface area contributed by atoms with Gasteiger partial charge in [-0.1, -0.05) is 54.6 Å². The molecule has 0 bridgehead atoms. The molecule has 0 fully saturated rings. The number of benzene rings is 3. The van der Waals surface area contributed by atoms with E-state index in [0.29, 0.717) is 5.75 Å². The van der Waals surface area contributed by atoms with Crippen LogP contribution >= 0.6 is 0 Å². The predicted octanol–water partition coefficient (Wildman–Crippen LogP) is 3.88. The van der Waals surface area contributed by atoms with Crippen LogP contribution in [0.25, 0.3) is 0 Å². The Hall–Kier alpha value is -2.72. The first-order valence-electron chi connectivity index (χ1n) is 7.14. The minimum absolute atomic E-state index is 0.617. The molecule has 0 heterocycles. The molecule has 1 N–H and O–H groups in total. The van der Waals surface area contributed by atoms with Gasteiger partial charge in [0.1, 0.15) is 5.75 Å². The van der Waals surface area contributed by atoms with Gasteiger partial charge in [0.05, 0.1) is 0 Å². The Balaban J connectivity index is 1.92. The normalized spacial score (nSPS) is 10.0. The Bertz CT molecular complexity index is 653. The quantitative estimate of drug-likeness (QED) is 0.723. The van der Waals surface area contributed by atoms with Crippen molar-refractivity contribution >= 4 is 18.6 Å². The van der Waals surface area contributed by atoms with Crippen LogP contribution in [0.5, 0.6) is 5.75 Å². The molecule has 0 atom stereocenters. The molecule has 0 aliphatic carbocycles. The number of hydrogen-bond donors (Lipinski definition) is 1. The highest BCUT2D eigenvalue weighted by Gasteiger charge is 2.28. The molecule has 0 aliphatic rings. The molecular weight excluding hydrogens is 273 g/mol. The van der Waals surface area contributed by atoms with E-state index in [1.165, 1.54) is 0 Å². The van der Waals surface area contributed by atoms with E-state index in [4.69, 9.17) is 4.65 Å². The van der Waals surface area contributed by atoms with E-state index < -0.39 is 7.25 Å². The summed E-state index contributed by atoms with van der Waals surface area (Å²) in [5.74, 6) is 0.617. The van der Waals surface area contributed by atoms with Crippen molar-refractivity contribution in [3.8, 4) is 5.75 Å². The van der Waals surface area contributed by atoms with Gasteiger partial charge < -0.3 is 14.5 Å². The van der Waals surface area contributed by atoms with Gasteiger partial charge in [0.2, 0.25) is 0 Å². The fraction of sp³-hybridized carbons (Fsp3) is 0. The van der Waals surface area contributed by atoms with Crippen LogP contribution in [0.2, 0.25) is 0 Å². The van der Waals surface area contributed by atoms with Crippen LogP contribution in [0.3, 0.4) is 0 Å². The molecule has 0 aliphatic heterocycles. The van der Waals surface area contributed by atoms with Crippen molar-refractivity contribution in [1.29, 1.82) is 0 Å². The van der Waals surface area contributed by atoms with Gasteiger partial charge in [-0.2, -0.15) is 0 Å². The minimum Gasteiger partial charge on any atom is -0.517 e. The summed E-state index contributed by atoms with van der Waals surface area (Å²) in [6.07, 6.45) is 0. The Morgan fingerprint density at radius 3 is 1.50 bits per heavy atom. The number of para-hydroxylation sites is 3. The molecule has 3 rings (SSSR count). The summed E-state index contributed by atoms with van der Waals surface area (Å²) in [5, 5.41) is 10.6. The molecule has 22 heavy (non-hydrogen) atoms. The minimum atomic E-state index is -1.12. The second-order valence-electron chi connectivity index (χ2n) is 4.80. The van der Waals surface area contributed by atoms with Crippen molar-refractivity contribution < 1.29 is 9.68 Å². The molecule has 3 aromatic rings. The highest BCUT2D eigenvalue weighted by atomic mass is 16.5. The highest BCUT2D eigenvalue weighted by Crippen LogP contribution is 2.26. The first-order chi connectivity index (χ1) is 10.8. The maximum Gasteiger partial charge on any atom is 0.667 e. The number of nitrogens with zero attached hydrogens (tertiary/aromatic N) is 1. The van der Waals surface area contributed by atoms with Crippen molar-refractivity contribution in [1.82, 2.24) is 0 Å². The maximum absolute atomic E-state index is 10.6. The van der Waals surface area contributed by atoms with Crippen molar-refractivity contribution in [2.45, 2.75) is 0 Å². The smallest absolute Gasteiger partial charge is 0.517 e. The monoisotopic (exact) mass is 289 g/mol. The van der Waals surface area contributed by atoms with E-state index >= 15 is 0 Å². The molecule has 0 saturated heterocycles. The number of hydrogen-bond acceptors (Lipinski definition) is 3. The summed E-state index contributed by atoms with van der Waals surface area (Å²) in [7, 11) is -1.12. The van der Waals surface area contributed by atoms with Crippen molar-refractivity contribution in [2.24, 2.45) is 0 Å². The first kappa shape index (κ1) is 14.2. The van der Waals surface area contributed by atoms with E-state index in [-0.39, 0.29) is 0 Å². The lowest BCUT2D eigenvalue weighted by atomic mass is 10.0. The van der Waals surface area contributed by atoms with Gasteiger partial charge in [-0.3, -0.25) is 0 Å². The fourth-order valence-corrected chi connectivity index (χ4v) is 2.25. The van der Waals surface area contributed by atoms with E-state index in [0.717, 1.165) is 11.4 Å². The Morgan fingerprint density at radius 1 is 0.636 bits per heavy atom. The number of anilines is 2. The summed E-state index contributed by atoms with van der Waals surface area (Å²) in [6, 6.07) is 28.6. The van der Waals surface area contributed by atoms with Crippen LogP contribution in [-0.4, -0.2) is 12.3 Å². The van der Waals surface area contributed by atoms with Crippen LogP contribution in [0.15, 0.2) is 91.0 Å². The van der Waals surface area contributed by atoms with Gasteiger partial charge in [-0.05, 0) is 36.4 Å². The Kier molecular flexibility index (Phi) is 4.42. The van der Waals surface area contributed by atoms with Gasteiger partial charge in [0, 0.05) is 11.4 Å².